The maximum Gasteiger partial charge on any atom is 0.306 e. The van der Waals surface area contributed by atoms with Crippen LogP contribution in [0.1, 0.15) is 11.1 Å². The predicted molar refractivity (Wildman–Crippen MR) is 160 cm³/mol. The van der Waals surface area contributed by atoms with E-state index in [1.165, 1.54) is 21.9 Å². The van der Waals surface area contributed by atoms with Crippen molar-refractivity contribution in [2.24, 2.45) is 0 Å². The van der Waals surface area contributed by atoms with Crippen LogP contribution in [-0.4, -0.2) is 4.57 Å². The Balaban J connectivity index is 1.21. The first-order valence-electron chi connectivity index (χ1n) is 13.6. The lowest BCUT2D eigenvalue weighted by Gasteiger charge is -2.25. The lowest BCUT2D eigenvalue weighted by molar-refractivity contribution is -0.0417. The number of para-hydroxylation sites is 1. The Hall–Kier alpha value is -5.28. The molecule has 3 heteroatoms. The molecule has 0 N–H and O–H groups in total. The van der Waals surface area contributed by atoms with Crippen molar-refractivity contribution in [2.75, 3.05) is 0 Å². The third-order valence-electron chi connectivity index (χ3n) is 8.33. The van der Waals surface area contributed by atoms with Crippen LogP contribution in [0.25, 0.3) is 49.7 Å². The fourth-order valence-corrected chi connectivity index (χ4v) is 6.57. The molecule has 1 aliphatic carbocycles. The quantitative estimate of drug-likeness (QED) is 0.230. The first-order chi connectivity index (χ1) is 19.8. The molecule has 2 heterocycles. The summed E-state index contributed by atoms with van der Waals surface area (Å²) < 4.78 is 15.8. The molecular formula is C37H23NO2. The molecule has 7 aromatic rings. The van der Waals surface area contributed by atoms with E-state index in [1.54, 1.807) is 0 Å². The standard InChI is InChI=1S/C37H23NO2/c1-2-10-24(11-3-1)25-18-20-34-30(22-25)29-14-6-9-17-33(29)38(34)26-19-21-35-36(23-26)40-37(39-35)31-15-7-4-12-27(31)28-13-5-8-16-32(28)37/h1-23H. The van der Waals surface area contributed by atoms with E-state index >= 15 is 0 Å². The van der Waals surface area contributed by atoms with Gasteiger partial charge in [-0.2, -0.15) is 0 Å². The number of rotatable bonds is 2. The average Bonchev–Trinajstić information content (AvgIpc) is 3.65. The second-order valence-corrected chi connectivity index (χ2v) is 10.5. The monoisotopic (exact) mass is 513 g/mol. The molecular weight excluding hydrogens is 490 g/mol. The Kier molecular flexibility index (Phi) is 4.26. The summed E-state index contributed by atoms with van der Waals surface area (Å²) >= 11 is 0. The molecule has 0 saturated carbocycles. The van der Waals surface area contributed by atoms with Crippen LogP contribution in [0.5, 0.6) is 11.5 Å². The van der Waals surface area contributed by atoms with Crippen molar-refractivity contribution in [2.45, 2.75) is 5.79 Å². The minimum absolute atomic E-state index is 0.746. The Bertz CT molecular complexity index is 2080. The lowest BCUT2D eigenvalue weighted by Crippen LogP contribution is -2.34. The zero-order chi connectivity index (χ0) is 26.3. The maximum atomic E-state index is 6.81. The third kappa shape index (κ3) is 2.84. The molecule has 0 atom stereocenters. The second-order valence-electron chi connectivity index (χ2n) is 10.5. The van der Waals surface area contributed by atoms with Gasteiger partial charge in [-0.3, -0.25) is 0 Å². The molecule has 40 heavy (non-hydrogen) atoms. The van der Waals surface area contributed by atoms with Gasteiger partial charge in [-0.05, 0) is 52.6 Å². The van der Waals surface area contributed by atoms with Crippen LogP contribution in [0, 0.1) is 0 Å². The Morgan fingerprint density at radius 2 is 1.10 bits per heavy atom. The molecule has 1 aliphatic heterocycles. The zero-order valence-electron chi connectivity index (χ0n) is 21.5. The third-order valence-corrected chi connectivity index (χ3v) is 8.33. The van der Waals surface area contributed by atoms with Gasteiger partial charge in [0.1, 0.15) is 0 Å². The van der Waals surface area contributed by atoms with Crippen LogP contribution in [-0.2, 0) is 5.79 Å². The van der Waals surface area contributed by atoms with Gasteiger partial charge >= 0.3 is 5.79 Å². The van der Waals surface area contributed by atoms with Gasteiger partial charge in [0, 0.05) is 28.0 Å². The summed E-state index contributed by atoms with van der Waals surface area (Å²) in [4.78, 5) is 0. The van der Waals surface area contributed by atoms with E-state index < -0.39 is 5.79 Å². The lowest BCUT2D eigenvalue weighted by atomic mass is 10.0. The van der Waals surface area contributed by atoms with Gasteiger partial charge in [-0.25, -0.2) is 0 Å². The molecule has 1 aromatic heterocycles. The van der Waals surface area contributed by atoms with Crippen molar-refractivity contribution in [3.8, 4) is 39.4 Å². The van der Waals surface area contributed by atoms with Gasteiger partial charge in [0.05, 0.1) is 16.7 Å². The van der Waals surface area contributed by atoms with Crippen LogP contribution in [0.4, 0.5) is 0 Å². The highest BCUT2D eigenvalue weighted by Gasteiger charge is 2.52. The van der Waals surface area contributed by atoms with Gasteiger partial charge < -0.3 is 14.0 Å². The van der Waals surface area contributed by atoms with Crippen LogP contribution in [0.3, 0.4) is 0 Å². The molecule has 0 amide bonds. The van der Waals surface area contributed by atoms with Gasteiger partial charge in [0.25, 0.3) is 0 Å². The normalized spacial score (nSPS) is 14.1. The molecule has 2 aliphatic rings. The maximum absolute atomic E-state index is 6.81. The number of hydrogen-bond acceptors (Lipinski definition) is 2. The van der Waals surface area contributed by atoms with Crippen molar-refractivity contribution in [1.82, 2.24) is 4.57 Å². The first-order valence-corrected chi connectivity index (χ1v) is 13.6. The average molecular weight is 514 g/mol. The summed E-state index contributed by atoms with van der Waals surface area (Å²) in [5, 5.41) is 2.45. The van der Waals surface area contributed by atoms with Crippen molar-refractivity contribution >= 4 is 21.8 Å². The number of hydrogen-bond donors (Lipinski definition) is 0. The summed E-state index contributed by atoms with van der Waals surface area (Å²) in [6.07, 6.45) is 0. The van der Waals surface area contributed by atoms with Crippen LogP contribution in [0.15, 0.2) is 140 Å². The van der Waals surface area contributed by atoms with Gasteiger partial charge in [0.2, 0.25) is 0 Å². The highest BCUT2D eigenvalue weighted by Crippen LogP contribution is 2.56. The van der Waals surface area contributed by atoms with Crippen molar-refractivity contribution in [3.05, 3.63) is 151 Å². The molecule has 6 aromatic carbocycles. The molecule has 0 unspecified atom stereocenters. The van der Waals surface area contributed by atoms with Crippen molar-refractivity contribution in [3.63, 3.8) is 0 Å². The number of nitrogens with zero attached hydrogens (tertiary/aromatic N) is 1. The van der Waals surface area contributed by atoms with E-state index in [9.17, 15) is 0 Å². The summed E-state index contributed by atoms with van der Waals surface area (Å²) in [7, 11) is 0. The summed E-state index contributed by atoms with van der Waals surface area (Å²) in [5.74, 6) is 0.526. The highest BCUT2D eigenvalue weighted by atomic mass is 16.7. The number of ether oxygens (including phenoxy) is 2. The number of aromatic nitrogens is 1. The molecule has 0 saturated heterocycles. The molecule has 3 nitrogen and oxygen atoms in total. The Morgan fingerprint density at radius 1 is 0.450 bits per heavy atom. The van der Waals surface area contributed by atoms with Gasteiger partial charge in [-0.15, -0.1) is 0 Å². The molecule has 0 radical (unpaired) electrons. The van der Waals surface area contributed by atoms with Crippen LogP contribution < -0.4 is 9.47 Å². The van der Waals surface area contributed by atoms with E-state index in [1.807, 2.05) is 6.07 Å². The molecule has 0 fully saturated rings. The largest absolute Gasteiger partial charge is 0.440 e. The fourth-order valence-electron chi connectivity index (χ4n) is 6.57. The molecule has 1 spiro atoms. The number of benzene rings is 6. The van der Waals surface area contributed by atoms with Crippen LogP contribution in [0.2, 0.25) is 0 Å². The van der Waals surface area contributed by atoms with E-state index in [0.29, 0.717) is 0 Å². The Labute approximate surface area is 231 Å². The SMILES string of the molecule is c1ccc(-c2ccc3c(c2)c2ccccc2n3-c2ccc3c(c2)OC2(O3)c3ccccc3-c3ccccc32)cc1. The minimum atomic E-state index is -0.973. The number of fused-ring (bicyclic) bond motifs is 9. The predicted octanol–water partition coefficient (Wildman–Crippen LogP) is 9.10. The van der Waals surface area contributed by atoms with E-state index in [0.717, 1.165) is 50.5 Å². The van der Waals surface area contributed by atoms with Crippen molar-refractivity contribution in [1.29, 1.82) is 0 Å². The van der Waals surface area contributed by atoms with E-state index in [-0.39, 0.29) is 0 Å². The topological polar surface area (TPSA) is 23.4 Å². The fraction of sp³-hybridized carbons (Fsp3) is 0.0270. The van der Waals surface area contributed by atoms with E-state index in [4.69, 9.17) is 9.47 Å². The molecule has 9 rings (SSSR count). The zero-order valence-corrected chi connectivity index (χ0v) is 21.5. The van der Waals surface area contributed by atoms with Gasteiger partial charge in [-0.1, -0.05) is 103 Å². The smallest absolute Gasteiger partial charge is 0.306 e. The summed E-state index contributed by atoms with van der Waals surface area (Å²) in [6.45, 7) is 0. The summed E-state index contributed by atoms with van der Waals surface area (Å²) in [6, 6.07) is 48.9. The highest BCUT2D eigenvalue weighted by molar-refractivity contribution is 6.10. The van der Waals surface area contributed by atoms with Gasteiger partial charge in [0.15, 0.2) is 11.5 Å². The minimum Gasteiger partial charge on any atom is -0.440 e. The Morgan fingerprint density at radius 3 is 1.90 bits per heavy atom. The van der Waals surface area contributed by atoms with Crippen LogP contribution >= 0.6 is 0 Å². The first kappa shape index (κ1) is 21.6. The van der Waals surface area contributed by atoms with Crippen molar-refractivity contribution < 1.29 is 9.47 Å². The summed E-state index contributed by atoms with van der Waals surface area (Å²) in [5.41, 5.74) is 10.2. The molecule has 188 valence electrons. The molecule has 0 bridgehead atoms. The van der Waals surface area contributed by atoms with E-state index in [2.05, 4.69) is 138 Å². The second kappa shape index (κ2) is 7.87.